The van der Waals surface area contributed by atoms with Crippen molar-refractivity contribution in [3.05, 3.63) is 63.5 Å². The van der Waals surface area contributed by atoms with Crippen LogP contribution in [0.15, 0.2) is 47.4 Å². The van der Waals surface area contributed by atoms with E-state index in [0.717, 1.165) is 11.1 Å². The second kappa shape index (κ2) is 8.12. The van der Waals surface area contributed by atoms with Gasteiger partial charge in [0.25, 0.3) is 5.91 Å². The Labute approximate surface area is 166 Å². The summed E-state index contributed by atoms with van der Waals surface area (Å²) in [5.41, 5.74) is 1.73. The van der Waals surface area contributed by atoms with Crippen LogP contribution in [0.4, 0.5) is 0 Å². The van der Waals surface area contributed by atoms with E-state index in [1.165, 1.54) is 16.7 Å². The predicted molar refractivity (Wildman–Crippen MR) is 110 cm³/mol. The van der Waals surface area contributed by atoms with E-state index in [2.05, 4.69) is 0 Å². The monoisotopic (exact) mass is 405 g/mol. The molecule has 4 nitrogen and oxygen atoms in total. The Bertz CT molecular complexity index is 898. The maximum Gasteiger partial charge on any atom is 0.265 e. The van der Waals surface area contributed by atoms with Crippen LogP contribution in [0, 0.1) is 0 Å². The van der Waals surface area contributed by atoms with Crippen molar-refractivity contribution in [3.8, 4) is 11.5 Å². The Morgan fingerprint density at radius 1 is 1.23 bits per heavy atom. The fourth-order valence-corrected chi connectivity index (χ4v) is 3.73. The van der Waals surface area contributed by atoms with E-state index in [9.17, 15) is 4.79 Å². The molecule has 0 atom stereocenters. The number of hydrogen-bond donors (Lipinski definition) is 0. The standard InChI is InChI=1S/C19H16ClNO3S2/c1-21-18(22)17(26-19(21)25)10-12-7-8-15(16(9-12)23-2)24-11-13-5-3-4-6-14(13)20/h3-10H,11H2,1-2H3/b17-10-. The highest BCUT2D eigenvalue weighted by atomic mass is 35.5. The molecule has 7 heteroatoms. The lowest BCUT2D eigenvalue weighted by Crippen LogP contribution is -2.22. The molecule has 1 saturated heterocycles. The van der Waals surface area contributed by atoms with Gasteiger partial charge in [-0.2, -0.15) is 0 Å². The van der Waals surface area contributed by atoms with Gasteiger partial charge in [0, 0.05) is 17.6 Å². The Morgan fingerprint density at radius 2 is 2.00 bits per heavy atom. The first-order valence-corrected chi connectivity index (χ1v) is 9.35. The van der Waals surface area contributed by atoms with E-state index in [1.54, 1.807) is 20.2 Å². The maximum atomic E-state index is 12.1. The van der Waals surface area contributed by atoms with Crippen molar-refractivity contribution in [2.75, 3.05) is 14.2 Å². The van der Waals surface area contributed by atoms with Crippen LogP contribution in [0.1, 0.15) is 11.1 Å². The van der Waals surface area contributed by atoms with Gasteiger partial charge in [-0.25, -0.2) is 0 Å². The normalized spacial score (nSPS) is 15.7. The van der Waals surface area contributed by atoms with Gasteiger partial charge in [0.1, 0.15) is 10.9 Å². The van der Waals surface area contributed by atoms with Gasteiger partial charge in [0.05, 0.1) is 12.0 Å². The van der Waals surface area contributed by atoms with Gasteiger partial charge in [-0.05, 0) is 29.8 Å². The Hall–Kier alpha value is -2.02. The molecule has 1 aliphatic rings. The van der Waals surface area contributed by atoms with Gasteiger partial charge in [0.15, 0.2) is 11.5 Å². The van der Waals surface area contributed by atoms with Crippen molar-refractivity contribution in [1.82, 2.24) is 4.90 Å². The summed E-state index contributed by atoms with van der Waals surface area (Å²) in [4.78, 5) is 14.2. The predicted octanol–water partition coefficient (Wildman–Crippen LogP) is 4.76. The molecule has 1 heterocycles. The van der Waals surface area contributed by atoms with Gasteiger partial charge >= 0.3 is 0 Å². The van der Waals surface area contributed by atoms with Crippen molar-refractivity contribution < 1.29 is 14.3 Å². The third-order valence-corrected chi connectivity index (χ3v) is 5.67. The molecule has 0 aromatic heterocycles. The molecular weight excluding hydrogens is 390 g/mol. The van der Waals surface area contributed by atoms with Crippen LogP contribution >= 0.6 is 35.6 Å². The first-order chi connectivity index (χ1) is 12.5. The van der Waals surface area contributed by atoms with Crippen molar-refractivity contribution in [1.29, 1.82) is 0 Å². The van der Waals surface area contributed by atoms with Crippen LogP contribution < -0.4 is 9.47 Å². The number of benzene rings is 2. The van der Waals surface area contributed by atoms with Gasteiger partial charge in [-0.15, -0.1) is 0 Å². The summed E-state index contributed by atoms with van der Waals surface area (Å²) in [5.74, 6) is 1.09. The fourth-order valence-electron chi connectivity index (χ4n) is 2.36. The van der Waals surface area contributed by atoms with Crippen molar-refractivity contribution >= 4 is 51.9 Å². The summed E-state index contributed by atoms with van der Waals surface area (Å²) in [5, 5.41) is 0.657. The topological polar surface area (TPSA) is 38.8 Å². The molecule has 134 valence electrons. The van der Waals surface area contributed by atoms with Gasteiger partial charge in [-0.1, -0.05) is 59.8 Å². The van der Waals surface area contributed by atoms with E-state index in [0.29, 0.717) is 32.4 Å². The van der Waals surface area contributed by atoms with Crippen LogP contribution in [-0.2, 0) is 11.4 Å². The number of hydrogen-bond acceptors (Lipinski definition) is 5. The number of thioether (sulfide) groups is 1. The van der Waals surface area contributed by atoms with Crippen molar-refractivity contribution in [2.45, 2.75) is 6.61 Å². The Kier molecular flexibility index (Phi) is 5.86. The molecule has 2 aromatic rings. The van der Waals surface area contributed by atoms with Crippen LogP contribution in [0.25, 0.3) is 6.08 Å². The molecule has 1 amide bonds. The molecule has 0 aliphatic carbocycles. The lowest BCUT2D eigenvalue weighted by Gasteiger charge is -2.12. The van der Waals surface area contributed by atoms with Crippen molar-refractivity contribution in [3.63, 3.8) is 0 Å². The summed E-state index contributed by atoms with van der Waals surface area (Å²) in [6.07, 6.45) is 1.79. The lowest BCUT2D eigenvalue weighted by atomic mass is 10.2. The Balaban J connectivity index is 1.79. The Morgan fingerprint density at radius 3 is 2.65 bits per heavy atom. The third kappa shape index (κ3) is 4.03. The number of ether oxygens (including phenoxy) is 2. The summed E-state index contributed by atoms with van der Waals surface area (Å²) >= 11 is 12.6. The van der Waals surface area contributed by atoms with Gasteiger partial charge < -0.3 is 9.47 Å². The zero-order valence-corrected chi connectivity index (χ0v) is 16.6. The molecule has 0 saturated carbocycles. The van der Waals surface area contributed by atoms with Crippen LogP contribution in [0.2, 0.25) is 5.02 Å². The molecule has 0 unspecified atom stereocenters. The molecule has 26 heavy (non-hydrogen) atoms. The van der Waals surface area contributed by atoms with E-state index in [4.69, 9.17) is 33.3 Å². The average Bonchev–Trinajstić information content (AvgIpc) is 2.88. The molecule has 2 aromatic carbocycles. The smallest absolute Gasteiger partial charge is 0.265 e. The summed E-state index contributed by atoms with van der Waals surface area (Å²) in [6.45, 7) is 0.337. The molecule has 0 spiro atoms. The fraction of sp³-hybridized carbons (Fsp3) is 0.158. The number of halogens is 1. The number of rotatable bonds is 5. The van der Waals surface area contributed by atoms with Crippen LogP contribution in [0.3, 0.4) is 0 Å². The number of carbonyl (C=O) groups is 1. The SMILES string of the molecule is COc1cc(/C=C2\SC(=S)N(C)C2=O)ccc1OCc1ccccc1Cl. The van der Waals surface area contributed by atoms with E-state index in [1.807, 2.05) is 42.5 Å². The molecular formula is C19H16ClNO3S2. The quantitative estimate of drug-likeness (QED) is 0.529. The summed E-state index contributed by atoms with van der Waals surface area (Å²) < 4.78 is 11.8. The average molecular weight is 406 g/mol. The van der Waals surface area contributed by atoms with Gasteiger partial charge in [-0.3, -0.25) is 9.69 Å². The number of amides is 1. The minimum Gasteiger partial charge on any atom is -0.493 e. The van der Waals surface area contributed by atoms with Crippen LogP contribution in [0.5, 0.6) is 11.5 Å². The van der Waals surface area contributed by atoms with E-state index >= 15 is 0 Å². The molecule has 0 radical (unpaired) electrons. The molecule has 1 fully saturated rings. The zero-order valence-electron chi connectivity index (χ0n) is 14.2. The number of nitrogens with zero attached hydrogens (tertiary/aromatic N) is 1. The highest BCUT2D eigenvalue weighted by Gasteiger charge is 2.28. The number of methoxy groups -OCH3 is 1. The lowest BCUT2D eigenvalue weighted by molar-refractivity contribution is -0.121. The minimum atomic E-state index is -0.0991. The minimum absolute atomic E-state index is 0.0991. The zero-order chi connectivity index (χ0) is 18.7. The molecule has 1 aliphatic heterocycles. The second-order valence-corrected chi connectivity index (χ2v) is 7.61. The summed E-state index contributed by atoms with van der Waals surface area (Å²) in [6, 6.07) is 13.0. The second-order valence-electron chi connectivity index (χ2n) is 5.53. The number of carbonyl (C=O) groups excluding carboxylic acids is 1. The first kappa shape index (κ1) is 18.8. The number of thiocarbonyl (C=S) groups is 1. The highest BCUT2D eigenvalue weighted by molar-refractivity contribution is 8.26. The maximum absolute atomic E-state index is 12.1. The molecule has 0 bridgehead atoms. The van der Waals surface area contributed by atoms with Gasteiger partial charge in [0.2, 0.25) is 0 Å². The summed E-state index contributed by atoms with van der Waals surface area (Å²) in [7, 11) is 3.25. The van der Waals surface area contributed by atoms with E-state index in [-0.39, 0.29) is 5.91 Å². The van der Waals surface area contributed by atoms with E-state index < -0.39 is 0 Å². The van der Waals surface area contributed by atoms with Crippen LogP contribution in [-0.4, -0.2) is 29.3 Å². The molecule has 0 N–H and O–H groups in total. The highest BCUT2D eigenvalue weighted by Crippen LogP contribution is 2.34. The number of likely N-dealkylation sites (N-methyl/N-ethyl adjacent to an activating group) is 1. The third-order valence-electron chi connectivity index (χ3n) is 3.81. The molecule has 3 rings (SSSR count). The van der Waals surface area contributed by atoms with Crippen molar-refractivity contribution in [2.24, 2.45) is 0 Å². The first-order valence-electron chi connectivity index (χ1n) is 7.75. The largest absolute Gasteiger partial charge is 0.493 e.